The van der Waals surface area contributed by atoms with Crippen molar-refractivity contribution in [3.05, 3.63) is 72.3 Å². The minimum Gasteiger partial charge on any atom is -0.480 e. The van der Waals surface area contributed by atoms with Gasteiger partial charge in [0, 0.05) is 12.6 Å². The van der Waals surface area contributed by atoms with E-state index in [1.54, 1.807) is 0 Å². The molecule has 2 amide bonds. The Balaban J connectivity index is 1.53. The smallest absolute Gasteiger partial charge is 0.321 e. The fourth-order valence-corrected chi connectivity index (χ4v) is 4.90. The number of unbranched alkanes of at least 4 members (excludes halogenated alkanes) is 2. The van der Waals surface area contributed by atoms with Crippen LogP contribution in [0.25, 0.3) is 11.1 Å². The predicted molar refractivity (Wildman–Crippen MR) is 126 cm³/mol. The summed E-state index contributed by atoms with van der Waals surface area (Å²) in [5.74, 6) is -3.34. The van der Waals surface area contributed by atoms with E-state index in [0.717, 1.165) is 36.0 Å². The summed E-state index contributed by atoms with van der Waals surface area (Å²) in [7, 11) is 0. The normalized spacial score (nSPS) is 24.6. The van der Waals surface area contributed by atoms with Gasteiger partial charge in [-0.15, -0.1) is 0 Å². The van der Waals surface area contributed by atoms with Crippen LogP contribution >= 0.6 is 0 Å². The molecule has 2 heterocycles. The molecule has 172 valence electrons. The molecule has 0 spiro atoms. The fraction of sp³-hybridized carbons (Fsp3) is 0.370. The Morgan fingerprint density at radius 1 is 0.939 bits per heavy atom. The molecule has 6 nitrogen and oxygen atoms in total. The molecule has 0 aliphatic carbocycles. The summed E-state index contributed by atoms with van der Waals surface area (Å²) >= 11 is 0. The molecular formula is C27H30N2O4. The first kappa shape index (κ1) is 22.9. The van der Waals surface area contributed by atoms with Gasteiger partial charge in [0.1, 0.15) is 6.04 Å². The average Bonchev–Trinajstić information content (AvgIpc) is 3.34. The van der Waals surface area contributed by atoms with Gasteiger partial charge in [0.15, 0.2) is 0 Å². The average molecular weight is 447 g/mol. The number of aliphatic carboxylic acids is 1. The third-order valence-electron chi connectivity index (χ3n) is 6.62. The second-order valence-corrected chi connectivity index (χ2v) is 8.73. The summed E-state index contributed by atoms with van der Waals surface area (Å²) in [4.78, 5) is 39.5. The second-order valence-electron chi connectivity index (χ2n) is 8.73. The maximum Gasteiger partial charge on any atom is 0.321 e. The highest BCUT2D eigenvalue weighted by molar-refractivity contribution is 6.08. The van der Waals surface area contributed by atoms with E-state index in [1.165, 1.54) is 4.90 Å². The van der Waals surface area contributed by atoms with E-state index in [9.17, 15) is 19.5 Å². The molecule has 2 fully saturated rings. The lowest BCUT2D eigenvalue weighted by Crippen LogP contribution is -2.43. The zero-order chi connectivity index (χ0) is 23.4. The van der Waals surface area contributed by atoms with E-state index in [1.807, 2.05) is 60.7 Å². The molecule has 0 bridgehead atoms. The minimum atomic E-state index is -1.10. The first-order valence-electron chi connectivity index (χ1n) is 11.7. The van der Waals surface area contributed by atoms with E-state index >= 15 is 0 Å². The van der Waals surface area contributed by atoms with Crippen LogP contribution in [0, 0.1) is 11.8 Å². The van der Waals surface area contributed by atoms with Crippen molar-refractivity contribution < 1.29 is 19.5 Å². The van der Waals surface area contributed by atoms with Crippen LogP contribution in [0.2, 0.25) is 0 Å². The number of amides is 2. The Morgan fingerprint density at radius 3 is 2.24 bits per heavy atom. The number of allylic oxidation sites excluding steroid dienone is 1. The lowest BCUT2D eigenvalue weighted by Gasteiger charge is -2.21. The molecule has 0 radical (unpaired) electrons. The lowest BCUT2D eigenvalue weighted by molar-refractivity contribution is -0.146. The quantitative estimate of drug-likeness (QED) is 0.343. The summed E-state index contributed by atoms with van der Waals surface area (Å²) < 4.78 is 0. The molecule has 2 N–H and O–H groups in total. The Morgan fingerprint density at radius 2 is 1.58 bits per heavy atom. The monoisotopic (exact) mass is 446 g/mol. The fourth-order valence-electron chi connectivity index (χ4n) is 4.90. The van der Waals surface area contributed by atoms with Crippen LogP contribution in [0.5, 0.6) is 0 Å². The molecule has 2 aliphatic rings. The van der Waals surface area contributed by atoms with Crippen molar-refractivity contribution in [2.75, 3.05) is 6.54 Å². The number of imide groups is 1. The third-order valence-corrected chi connectivity index (χ3v) is 6.62. The highest BCUT2D eigenvalue weighted by atomic mass is 16.4. The number of carboxylic acids is 1. The van der Waals surface area contributed by atoms with Gasteiger partial charge in [-0.25, -0.2) is 0 Å². The van der Waals surface area contributed by atoms with Gasteiger partial charge in [0.2, 0.25) is 11.8 Å². The predicted octanol–water partition coefficient (Wildman–Crippen LogP) is 4.19. The number of carboxylic acid groups (broad SMARTS) is 1. The van der Waals surface area contributed by atoms with Gasteiger partial charge < -0.3 is 5.11 Å². The second kappa shape index (κ2) is 10.1. The van der Waals surface area contributed by atoms with Crippen molar-refractivity contribution >= 4 is 17.8 Å². The molecule has 4 rings (SSSR count). The van der Waals surface area contributed by atoms with Gasteiger partial charge in [0.25, 0.3) is 0 Å². The lowest BCUT2D eigenvalue weighted by atomic mass is 9.86. The molecule has 4 unspecified atom stereocenters. The maximum absolute atomic E-state index is 13.3. The first-order valence-corrected chi connectivity index (χ1v) is 11.7. The summed E-state index contributed by atoms with van der Waals surface area (Å²) in [6, 6.07) is 16.1. The van der Waals surface area contributed by atoms with Gasteiger partial charge in [-0.05, 0) is 29.5 Å². The third kappa shape index (κ3) is 4.62. The van der Waals surface area contributed by atoms with Crippen LogP contribution in [0.1, 0.15) is 44.2 Å². The summed E-state index contributed by atoms with van der Waals surface area (Å²) in [5, 5.41) is 12.8. The number of nitrogens with zero attached hydrogens (tertiary/aromatic N) is 1. The van der Waals surface area contributed by atoms with Crippen LogP contribution < -0.4 is 5.32 Å². The highest BCUT2D eigenvalue weighted by Gasteiger charge is 2.60. The molecule has 2 saturated heterocycles. The Hall–Kier alpha value is -3.25. The van der Waals surface area contributed by atoms with Crippen molar-refractivity contribution in [1.29, 1.82) is 0 Å². The standard InChI is InChI=1S/C27H30N2O4/c1-2-3-4-5-6-10-17-29-25(30)21-22(26(29)31)24(27(32)33)28-23(21)20-15-13-19(14-16-20)18-11-8-7-9-12-18/h5-9,11-16,21-24,28H,2-4,10,17H2,1H3,(H,32,33)/b6-5+. The molecule has 2 aliphatic heterocycles. The number of benzene rings is 2. The van der Waals surface area contributed by atoms with Crippen LogP contribution in [-0.2, 0) is 14.4 Å². The van der Waals surface area contributed by atoms with Crippen LogP contribution in [-0.4, -0.2) is 40.4 Å². The summed E-state index contributed by atoms with van der Waals surface area (Å²) in [6.07, 6.45) is 7.87. The van der Waals surface area contributed by atoms with Crippen molar-refractivity contribution in [1.82, 2.24) is 10.2 Å². The van der Waals surface area contributed by atoms with E-state index in [0.29, 0.717) is 13.0 Å². The Kier molecular flexibility index (Phi) is 7.04. The van der Waals surface area contributed by atoms with E-state index in [-0.39, 0.29) is 11.8 Å². The van der Waals surface area contributed by atoms with E-state index in [2.05, 4.69) is 18.3 Å². The van der Waals surface area contributed by atoms with Crippen LogP contribution in [0.3, 0.4) is 0 Å². The van der Waals surface area contributed by atoms with Crippen molar-refractivity contribution in [3.8, 4) is 11.1 Å². The molecular weight excluding hydrogens is 416 g/mol. The number of carbonyl (C=O) groups excluding carboxylic acids is 2. The molecule has 4 atom stereocenters. The van der Waals surface area contributed by atoms with Crippen molar-refractivity contribution in [2.45, 2.75) is 44.7 Å². The molecule has 2 aromatic carbocycles. The van der Waals surface area contributed by atoms with Gasteiger partial charge >= 0.3 is 5.97 Å². The summed E-state index contributed by atoms with van der Waals surface area (Å²) in [5.41, 5.74) is 2.93. The Labute approximate surface area is 194 Å². The largest absolute Gasteiger partial charge is 0.480 e. The van der Waals surface area contributed by atoms with Gasteiger partial charge in [-0.3, -0.25) is 24.6 Å². The van der Waals surface area contributed by atoms with Gasteiger partial charge in [-0.1, -0.05) is 86.5 Å². The number of likely N-dealkylation sites (tertiary alicyclic amines) is 1. The molecule has 33 heavy (non-hydrogen) atoms. The molecule has 0 saturated carbocycles. The van der Waals surface area contributed by atoms with Gasteiger partial charge in [0.05, 0.1) is 11.8 Å². The Bertz CT molecular complexity index is 1030. The summed E-state index contributed by atoms with van der Waals surface area (Å²) in [6.45, 7) is 2.42. The maximum atomic E-state index is 13.3. The number of rotatable bonds is 9. The van der Waals surface area contributed by atoms with Crippen LogP contribution in [0.4, 0.5) is 0 Å². The van der Waals surface area contributed by atoms with Crippen molar-refractivity contribution in [3.63, 3.8) is 0 Å². The zero-order valence-electron chi connectivity index (χ0n) is 18.8. The van der Waals surface area contributed by atoms with Crippen molar-refractivity contribution in [2.24, 2.45) is 11.8 Å². The number of fused-ring (bicyclic) bond motifs is 1. The SMILES string of the molecule is CCCC/C=C/CCN1C(=O)C2C(C(=O)O)NC(c3ccc(-c4ccccc4)cc3)C2C1=O. The number of hydrogen-bond acceptors (Lipinski definition) is 4. The number of hydrogen-bond donors (Lipinski definition) is 2. The minimum absolute atomic E-state index is 0.277. The van der Waals surface area contributed by atoms with E-state index < -0.39 is 29.9 Å². The topological polar surface area (TPSA) is 86.7 Å². The molecule has 2 aromatic rings. The molecule has 0 aromatic heterocycles. The zero-order valence-corrected chi connectivity index (χ0v) is 18.8. The first-order chi connectivity index (χ1) is 16.0. The van der Waals surface area contributed by atoms with Crippen LogP contribution in [0.15, 0.2) is 66.7 Å². The molecule has 6 heteroatoms. The number of carbonyl (C=O) groups is 3. The van der Waals surface area contributed by atoms with E-state index in [4.69, 9.17) is 0 Å². The highest BCUT2D eigenvalue weighted by Crippen LogP contribution is 2.44. The number of nitrogens with one attached hydrogen (secondary N) is 1. The van der Waals surface area contributed by atoms with Gasteiger partial charge in [-0.2, -0.15) is 0 Å².